The number of hydrogen-bond acceptors (Lipinski definition) is 5. The fourth-order valence-corrected chi connectivity index (χ4v) is 1.72. The molecular formula is C13H16N4O2. The molecule has 1 aromatic carbocycles. The normalized spacial score (nSPS) is 10.3. The molecule has 0 aliphatic rings. The van der Waals surface area contributed by atoms with Crippen LogP contribution >= 0.6 is 0 Å². The number of rotatable bonds is 3. The van der Waals surface area contributed by atoms with Crippen LogP contribution in [0.4, 0.5) is 11.5 Å². The summed E-state index contributed by atoms with van der Waals surface area (Å²) in [4.78, 5) is 13.5. The molecule has 0 atom stereocenters. The lowest BCUT2D eigenvalue weighted by molar-refractivity contribution is 0.0602. The van der Waals surface area contributed by atoms with Crippen LogP contribution in [0.5, 0.6) is 0 Å². The van der Waals surface area contributed by atoms with E-state index in [-0.39, 0.29) is 11.4 Å². The summed E-state index contributed by atoms with van der Waals surface area (Å²) in [5.41, 5.74) is 8.02. The maximum Gasteiger partial charge on any atom is 0.343 e. The van der Waals surface area contributed by atoms with Crippen LogP contribution in [-0.2, 0) is 4.74 Å². The highest BCUT2D eigenvalue weighted by Crippen LogP contribution is 2.20. The molecule has 19 heavy (non-hydrogen) atoms. The van der Waals surface area contributed by atoms with E-state index in [4.69, 9.17) is 5.73 Å². The van der Waals surface area contributed by atoms with Crippen molar-refractivity contribution in [2.45, 2.75) is 0 Å². The van der Waals surface area contributed by atoms with Gasteiger partial charge in [0.05, 0.1) is 19.0 Å². The number of aromatic nitrogens is 2. The van der Waals surface area contributed by atoms with Crippen molar-refractivity contribution in [1.82, 2.24) is 9.78 Å². The molecule has 6 heteroatoms. The zero-order chi connectivity index (χ0) is 14.0. The Kier molecular flexibility index (Phi) is 3.41. The molecule has 6 nitrogen and oxygen atoms in total. The highest BCUT2D eigenvalue weighted by molar-refractivity contribution is 5.94. The summed E-state index contributed by atoms with van der Waals surface area (Å²) in [5, 5.41) is 4.11. The molecule has 0 amide bonds. The van der Waals surface area contributed by atoms with E-state index in [2.05, 4.69) is 9.84 Å². The van der Waals surface area contributed by atoms with Crippen LogP contribution in [0.3, 0.4) is 0 Å². The number of hydrogen-bond donors (Lipinski definition) is 1. The number of anilines is 2. The summed E-state index contributed by atoms with van der Waals surface area (Å²) >= 11 is 0. The molecule has 0 saturated heterocycles. The highest BCUT2D eigenvalue weighted by atomic mass is 16.5. The maximum atomic E-state index is 11.5. The van der Waals surface area contributed by atoms with Gasteiger partial charge in [0.25, 0.3) is 0 Å². The summed E-state index contributed by atoms with van der Waals surface area (Å²) in [6.07, 6.45) is 1.40. The van der Waals surface area contributed by atoms with Gasteiger partial charge in [-0.15, -0.1) is 0 Å². The largest absolute Gasteiger partial charge is 0.465 e. The summed E-state index contributed by atoms with van der Waals surface area (Å²) in [6.45, 7) is 0. The number of benzene rings is 1. The molecule has 1 aromatic heterocycles. The van der Waals surface area contributed by atoms with Gasteiger partial charge in [-0.1, -0.05) is 0 Å². The number of nitrogens with two attached hydrogens (primary N) is 1. The van der Waals surface area contributed by atoms with Gasteiger partial charge >= 0.3 is 5.97 Å². The van der Waals surface area contributed by atoms with Gasteiger partial charge in [-0.2, -0.15) is 5.10 Å². The standard InChI is InChI=1S/C13H16N4O2/c1-16(2)9-4-6-10(7-5-9)17-12(14)11(8-15-17)13(18)19-3/h4-8H,14H2,1-3H3. The molecule has 2 aromatic rings. The number of nitrogens with zero attached hydrogens (tertiary/aromatic N) is 3. The Balaban J connectivity index is 2.37. The zero-order valence-corrected chi connectivity index (χ0v) is 11.1. The quantitative estimate of drug-likeness (QED) is 0.842. The van der Waals surface area contributed by atoms with Gasteiger partial charge in [-0.3, -0.25) is 0 Å². The van der Waals surface area contributed by atoms with E-state index in [9.17, 15) is 4.79 Å². The van der Waals surface area contributed by atoms with E-state index < -0.39 is 5.97 Å². The minimum atomic E-state index is -0.492. The van der Waals surface area contributed by atoms with Crippen molar-refractivity contribution in [2.24, 2.45) is 0 Å². The van der Waals surface area contributed by atoms with E-state index in [0.29, 0.717) is 0 Å². The number of carbonyl (C=O) groups is 1. The molecule has 0 fully saturated rings. The lowest BCUT2D eigenvalue weighted by atomic mass is 10.2. The molecule has 100 valence electrons. The van der Waals surface area contributed by atoms with E-state index in [0.717, 1.165) is 11.4 Å². The van der Waals surface area contributed by atoms with Gasteiger partial charge in [-0.05, 0) is 24.3 Å². The van der Waals surface area contributed by atoms with E-state index >= 15 is 0 Å². The van der Waals surface area contributed by atoms with E-state index in [1.54, 1.807) is 0 Å². The molecule has 0 aliphatic heterocycles. The lowest BCUT2D eigenvalue weighted by Gasteiger charge is -2.13. The highest BCUT2D eigenvalue weighted by Gasteiger charge is 2.16. The van der Waals surface area contributed by atoms with Gasteiger partial charge in [0.15, 0.2) is 0 Å². The van der Waals surface area contributed by atoms with Crippen LogP contribution in [0.1, 0.15) is 10.4 Å². The van der Waals surface area contributed by atoms with Crippen molar-refractivity contribution in [3.05, 3.63) is 36.0 Å². The van der Waals surface area contributed by atoms with Crippen LogP contribution in [-0.4, -0.2) is 37.0 Å². The van der Waals surface area contributed by atoms with Gasteiger partial charge in [0.1, 0.15) is 11.4 Å². The van der Waals surface area contributed by atoms with Gasteiger partial charge in [0.2, 0.25) is 0 Å². The number of carbonyl (C=O) groups excluding carboxylic acids is 1. The van der Waals surface area contributed by atoms with Crippen molar-refractivity contribution in [2.75, 3.05) is 31.8 Å². The summed E-state index contributed by atoms with van der Waals surface area (Å²) in [5.74, 6) is -0.224. The number of esters is 1. The van der Waals surface area contributed by atoms with Crippen molar-refractivity contribution in [1.29, 1.82) is 0 Å². The first-order chi connectivity index (χ1) is 9.04. The molecule has 0 radical (unpaired) electrons. The van der Waals surface area contributed by atoms with Crippen LogP contribution in [0.25, 0.3) is 5.69 Å². The van der Waals surface area contributed by atoms with E-state index in [1.807, 2.05) is 43.3 Å². The third-order valence-corrected chi connectivity index (χ3v) is 2.82. The smallest absolute Gasteiger partial charge is 0.343 e. The molecule has 0 saturated carbocycles. The van der Waals surface area contributed by atoms with Crippen LogP contribution in [0.15, 0.2) is 30.5 Å². The monoisotopic (exact) mass is 260 g/mol. The Bertz CT molecular complexity index is 587. The molecule has 0 bridgehead atoms. The van der Waals surface area contributed by atoms with Gasteiger partial charge < -0.3 is 15.4 Å². The van der Waals surface area contributed by atoms with Crippen molar-refractivity contribution in [3.8, 4) is 5.69 Å². The first-order valence-electron chi connectivity index (χ1n) is 5.74. The third-order valence-electron chi connectivity index (χ3n) is 2.82. The molecule has 2 rings (SSSR count). The second kappa shape index (κ2) is 5.01. The Hall–Kier alpha value is -2.50. The average Bonchev–Trinajstić information content (AvgIpc) is 2.80. The lowest BCUT2D eigenvalue weighted by Crippen LogP contribution is -2.09. The topological polar surface area (TPSA) is 73.4 Å². The molecule has 0 aliphatic carbocycles. The van der Waals surface area contributed by atoms with Crippen LogP contribution in [0.2, 0.25) is 0 Å². The Morgan fingerprint density at radius 1 is 1.32 bits per heavy atom. The number of nitrogen functional groups attached to an aromatic ring is 1. The van der Waals surface area contributed by atoms with Crippen molar-refractivity contribution >= 4 is 17.5 Å². The fourth-order valence-electron chi connectivity index (χ4n) is 1.72. The van der Waals surface area contributed by atoms with Crippen LogP contribution in [0, 0.1) is 0 Å². The van der Waals surface area contributed by atoms with E-state index in [1.165, 1.54) is 18.0 Å². The second-order valence-electron chi connectivity index (χ2n) is 4.26. The molecule has 0 unspecified atom stereocenters. The number of ether oxygens (including phenoxy) is 1. The minimum absolute atomic E-state index is 0.263. The first-order valence-corrected chi connectivity index (χ1v) is 5.74. The predicted molar refractivity (Wildman–Crippen MR) is 73.6 cm³/mol. The second-order valence-corrected chi connectivity index (χ2v) is 4.26. The third kappa shape index (κ3) is 2.37. The summed E-state index contributed by atoms with van der Waals surface area (Å²) in [7, 11) is 5.24. The predicted octanol–water partition coefficient (Wildman–Crippen LogP) is 1.31. The minimum Gasteiger partial charge on any atom is -0.465 e. The van der Waals surface area contributed by atoms with Gasteiger partial charge in [-0.25, -0.2) is 9.48 Å². The Morgan fingerprint density at radius 3 is 2.47 bits per heavy atom. The SMILES string of the molecule is COC(=O)c1cnn(-c2ccc(N(C)C)cc2)c1N. The first kappa shape index (κ1) is 12.9. The average molecular weight is 260 g/mol. The Labute approximate surface area is 111 Å². The zero-order valence-electron chi connectivity index (χ0n) is 11.1. The fraction of sp³-hybridized carbons (Fsp3) is 0.231. The van der Waals surface area contributed by atoms with Crippen molar-refractivity contribution < 1.29 is 9.53 Å². The van der Waals surface area contributed by atoms with Crippen molar-refractivity contribution in [3.63, 3.8) is 0 Å². The molecular weight excluding hydrogens is 244 g/mol. The van der Waals surface area contributed by atoms with Gasteiger partial charge in [0, 0.05) is 19.8 Å². The molecule has 1 heterocycles. The summed E-state index contributed by atoms with van der Waals surface area (Å²) < 4.78 is 6.14. The Morgan fingerprint density at radius 2 is 1.95 bits per heavy atom. The summed E-state index contributed by atoms with van der Waals surface area (Å²) in [6, 6.07) is 7.68. The number of methoxy groups -OCH3 is 1. The maximum absolute atomic E-state index is 11.5. The molecule has 0 spiro atoms. The molecule has 2 N–H and O–H groups in total. The van der Waals surface area contributed by atoms with Crippen LogP contribution < -0.4 is 10.6 Å².